The lowest BCUT2D eigenvalue weighted by Crippen LogP contribution is -2.09. The summed E-state index contributed by atoms with van der Waals surface area (Å²) >= 11 is 0. The molecule has 0 heterocycles. The van der Waals surface area contributed by atoms with Crippen LogP contribution in [0.4, 0.5) is 5.69 Å². The number of hydrogen-bond acceptors (Lipinski definition) is 4. The molecule has 0 aliphatic heterocycles. The van der Waals surface area contributed by atoms with Gasteiger partial charge >= 0.3 is 0 Å². The fourth-order valence-electron chi connectivity index (χ4n) is 0.969. The molecule has 0 amide bonds. The van der Waals surface area contributed by atoms with Gasteiger partial charge < -0.3 is 9.84 Å². The van der Waals surface area contributed by atoms with Crippen molar-refractivity contribution in [3.63, 3.8) is 0 Å². The number of hydrogen-bond donors (Lipinski definition) is 2. The minimum absolute atomic E-state index is 0.104. The normalized spacial score (nSPS) is 11.0. The molecule has 5 nitrogen and oxygen atoms in total. The second-order valence-corrected chi connectivity index (χ2v) is 4.48. The molecule has 0 saturated carbocycles. The highest BCUT2D eigenvalue weighted by Gasteiger charge is 2.10. The van der Waals surface area contributed by atoms with Crippen LogP contribution < -0.4 is 9.46 Å². The largest absolute Gasteiger partial charge is 0.503 e. The topological polar surface area (TPSA) is 75.6 Å². The van der Waals surface area contributed by atoms with Gasteiger partial charge in [-0.2, -0.15) is 0 Å². The molecule has 0 fully saturated rings. The SMILES string of the molecule is COc1cccc(NS(C)(=O)=O)c1O. The molecular weight excluding hydrogens is 206 g/mol. The van der Waals surface area contributed by atoms with Crippen molar-refractivity contribution in [2.45, 2.75) is 0 Å². The molecule has 2 N–H and O–H groups in total. The van der Waals surface area contributed by atoms with E-state index in [1.54, 1.807) is 6.07 Å². The predicted molar refractivity (Wildman–Crippen MR) is 53.1 cm³/mol. The van der Waals surface area contributed by atoms with E-state index in [0.717, 1.165) is 6.26 Å². The number of sulfonamides is 1. The number of benzene rings is 1. The molecule has 0 saturated heterocycles. The molecule has 0 spiro atoms. The quantitative estimate of drug-likeness (QED) is 0.733. The van der Waals surface area contributed by atoms with Gasteiger partial charge in [-0.25, -0.2) is 8.42 Å². The second kappa shape index (κ2) is 3.75. The van der Waals surface area contributed by atoms with Crippen molar-refractivity contribution in [3.05, 3.63) is 18.2 Å². The first kappa shape index (κ1) is 10.6. The summed E-state index contributed by atoms with van der Waals surface area (Å²) < 4.78 is 28.8. The number of phenolic OH excluding ortho intramolecular Hbond substituents is 1. The minimum Gasteiger partial charge on any atom is -0.503 e. The van der Waals surface area contributed by atoms with E-state index < -0.39 is 10.0 Å². The zero-order valence-corrected chi connectivity index (χ0v) is 8.63. The van der Waals surface area contributed by atoms with Crippen molar-refractivity contribution in [3.8, 4) is 11.5 Å². The van der Waals surface area contributed by atoms with E-state index in [1.807, 2.05) is 0 Å². The number of anilines is 1. The van der Waals surface area contributed by atoms with E-state index >= 15 is 0 Å². The highest BCUT2D eigenvalue weighted by molar-refractivity contribution is 7.92. The minimum atomic E-state index is -3.39. The van der Waals surface area contributed by atoms with Gasteiger partial charge in [0.05, 0.1) is 19.1 Å². The van der Waals surface area contributed by atoms with Gasteiger partial charge in [-0.05, 0) is 12.1 Å². The molecule has 0 radical (unpaired) electrons. The maximum Gasteiger partial charge on any atom is 0.229 e. The molecule has 0 bridgehead atoms. The highest BCUT2D eigenvalue weighted by Crippen LogP contribution is 2.33. The molecular formula is C8H11NO4S. The third-order valence-corrected chi connectivity index (χ3v) is 2.10. The molecule has 1 rings (SSSR count). The van der Waals surface area contributed by atoms with Crippen LogP contribution in [0, 0.1) is 0 Å². The lowest BCUT2D eigenvalue weighted by molar-refractivity contribution is 0.375. The predicted octanol–water partition coefficient (Wildman–Crippen LogP) is 0.772. The maximum absolute atomic E-state index is 10.9. The van der Waals surface area contributed by atoms with Crippen molar-refractivity contribution >= 4 is 15.7 Å². The Balaban J connectivity index is 3.10. The number of rotatable bonds is 3. The van der Waals surface area contributed by atoms with Crippen molar-refractivity contribution in [1.29, 1.82) is 0 Å². The van der Waals surface area contributed by atoms with Gasteiger partial charge in [0.25, 0.3) is 0 Å². The summed E-state index contributed by atoms with van der Waals surface area (Å²) in [7, 11) is -2.00. The first-order valence-corrected chi connectivity index (χ1v) is 5.67. The van der Waals surface area contributed by atoms with Crippen LogP contribution in [0.1, 0.15) is 0 Å². The fraction of sp³-hybridized carbons (Fsp3) is 0.250. The van der Waals surface area contributed by atoms with Gasteiger partial charge in [-0.3, -0.25) is 4.72 Å². The van der Waals surface area contributed by atoms with Crippen molar-refractivity contribution in [2.75, 3.05) is 18.1 Å². The van der Waals surface area contributed by atoms with E-state index in [2.05, 4.69) is 4.72 Å². The lowest BCUT2D eigenvalue weighted by atomic mass is 10.3. The zero-order chi connectivity index (χ0) is 10.8. The van der Waals surface area contributed by atoms with Crippen LogP contribution in [0.5, 0.6) is 11.5 Å². The van der Waals surface area contributed by atoms with Crippen LogP contribution in [0.3, 0.4) is 0 Å². The molecule has 78 valence electrons. The van der Waals surface area contributed by atoms with Crippen LogP contribution >= 0.6 is 0 Å². The van der Waals surface area contributed by atoms with Crippen molar-refractivity contribution in [1.82, 2.24) is 0 Å². The molecule has 6 heteroatoms. The van der Waals surface area contributed by atoms with Gasteiger partial charge in [0.1, 0.15) is 0 Å². The summed E-state index contributed by atoms with van der Waals surface area (Å²) in [4.78, 5) is 0. The first-order chi connectivity index (χ1) is 6.44. The standard InChI is InChI=1S/C8H11NO4S/c1-13-7-5-3-4-6(8(7)10)9-14(2,11)12/h3-5,9-10H,1-2H3. The van der Waals surface area contributed by atoms with Crippen LogP contribution in [0.25, 0.3) is 0 Å². The van der Waals surface area contributed by atoms with Crippen LogP contribution in [0.15, 0.2) is 18.2 Å². The van der Waals surface area contributed by atoms with Crippen molar-refractivity contribution in [2.24, 2.45) is 0 Å². The second-order valence-electron chi connectivity index (χ2n) is 2.73. The van der Waals surface area contributed by atoms with Gasteiger partial charge in [-0.15, -0.1) is 0 Å². The molecule has 0 aromatic heterocycles. The lowest BCUT2D eigenvalue weighted by Gasteiger charge is -2.08. The summed E-state index contributed by atoms with van der Waals surface area (Å²) in [5.41, 5.74) is 0.104. The van der Waals surface area contributed by atoms with E-state index in [-0.39, 0.29) is 17.2 Å². The van der Waals surface area contributed by atoms with Crippen LogP contribution in [-0.2, 0) is 10.0 Å². The number of para-hydroxylation sites is 1. The van der Waals surface area contributed by atoms with Crippen LogP contribution in [-0.4, -0.2) is 26.9 Å². The molecule has 0 aliphatic rings. The number of phenols is 1. The number of aromatic hydroxyl groups is 1. The van der Waals surface area contributed by atoms with Gasteiger partial charge in [0.2, 0.25) is 10.0 Å². The van der Waals surface area contributed by atoms with Crippen LogP contribution in [0.2, 0.25) is 0 Å². The average molecular weight is 217 g/mol. The molecule has 0 atom stereocenters. The highest BCUT2D eigenvalue weighted by atomic mass is 32.2. The molecule has 0 aliphatic carbocycles. The fourth-order valence-corrected chi connectivity index (χ4v) is 1.53. The Morgan fingerprint density at radius 3 is 2.57 bits per heavy atom. The molecule has 1 aromatic carbocycles. The van der Waals surface area contributed by atoms with E-state index in [0.29, 0.717) is 0 Å². The summed E-state index contributed by atoms with van der Waals surface area (Å²) in [6, 6.07) is 4.55. The Hall–Kier alpha value is -1.43. The summed E-state index contributed by atoms with van der Waals surface area (Å²) in [6.45, 7) is 0. The zero-order valence-electron chi connectivity index (χ0n) is 7.81. The molecule has 1 aromatic rings. The van der Waals surface area contributed by atoms with E-state index in [9.17, 15) is 13.5 Å². The van der Waals surface area contributed by atoms with Gasteiger partial charge in [0, 0.05) is 0 Å². The Kier molecular flexibility index (Phi) is 2.85. The summed E-state index contributed by atoms with van der Waals surface area (Å²) in [5.74, 6) is -0.000856. The number of ether oxygens (including phenoxy) is 1. The molecule has 0 unspecified atom stereocenters. The van der Waals surface area contributed by atoms with E-state index in [1.165, 1.54) is 19.2 Å². The molecule has 14 heavy (non-hydrogen) atoms. The third-order valence-electron chi connectivity index (χ3n) is 1.51. The Morgan fingerprint density at radius 1 is 1.43 bits per heavy atom. The summed E-state index contributed by atoms with van der Waals surface area (Å²) in [5, 5.41) is 9.50. The van der Waals surface area contributed by atoms with Gasteiger partial charge in [-0.1, -0.05) is 6.07 Å². The van der Waals surface area contributed by atoms with Crippen molar-refractivity contribution < 1.29 is 18.3 Å². The monoisotopic (exact) mass is 217 g/mol. The Morgan fingerprint density at radius 2 is 2.07 bits per heavy atom. The number of methoxy groups -OCH3 is 1. The smallest absolute Gasteiger partial charge is 0.229 e. The maximum atomic E-state index is 10.9. The first-order valence-electron chi connectivity index (χ1n) is 3.78. The van der Waals surface area contributed by atoms with Gasteiger partial charge in [0.15, 0.2) is 11.5 Å². The number of nitrogens with one attached hydrogen (secondary N) is 1. The third kappa shape index (κ3) is 2.53. The average Bonchev–Trinajstić information content (AvgIpc) is 2.06. The van der Waals surface area contributed by atoms with E-state index in [4.69, 9.17) is 4.74 Å². The Bertz CT molecular complexity index is 427. The summed E-state index contributed by atoms with van der Waals surface area (Å²) in [6.07, 6.45) is 1.01. The Labute approximate surface area is 82.4 Å².